The molecule has 0 bridgehead atoms. The largest absolute Gasteiger partial charge is 0.425 e. The van der Waals surface area contributed by atoms with Crippen molar-refractivity contribution >= 4 is 23.3 Å². The number of Topliss-reactive ketones (excluding diaryl/α,β-unsaturated/α-hetero) is 1. The Labute approximate surface area is 264 Å². The van der Waals surface area contributed by atoms with Crippen LogP contribution in [-0.4, -0.2) is 48.7 Å². The number of hydrogen-bond donors (Lipinski definition) is 1. The molecule has 1 aliphatic carbocycles. The number of hydrogen-bond acceptors (Lipinski definition) is 7. The third-order valence-corrected chi connectivity index (χ3v) is 8.53. The second-order valence-corrected chi connectivity index (χ2v) is 11.6. The van der Waals surface area contributed by atoms with E-state index in [0.717, 1.165) is 28.0 Å². The fourth-order valence-electron chi connectivity index (χ4n) is 6.07. The van der Waals surface area contributed by atoms with Crippen LogP contribution < -0.4 is 0 Å². The van der Waals surface area contributed by atoms with Gasteiger partial charge >= 0.3 is 6.18 Å². The Balaban J connectivity index is 1.61. The van der Waals surface area contributed by atoms with Crippen molar-refractivity contribution < 1.29 is 37.0 Å². The first-order valence-corrected chi connectivity index (χ1v) is 14.4. The molecule has 2 aromatic heterocycles. The number of rotatable bonds is 7. The molecule has 0 radical (unpaired) electrons. The summed E-state index contributed by atoms with van der Waals surface area (Å²) in [4.78, 5) is 32.0. The molecule has 4 aromatic rings. The maximum atomic E-state index is 16.7. The van der Waals surface area contributed by atoms with Gasteiger partial charge in [0.1, 0.15) is 17.7 Å². The quantitative estimate of drug-likeness (QED) is 0.270. The van der Waals surface area contributed by atoms with Crippen LogP contribution in [0.15, 0.2) is 67.1 Å². The molecule has 1 unspecified atom stereocenters. The summed E-state index contributed by atoms with van der Waals surface area (Å²) in [5, 5.41) is 24.5. The van der Waals surface area contributed by atoms with Gasteiger partial charge in [-0.15, -0.1) is 0 Å². The van der Waals surface area contributed by atoms with E-state index in [-0.39, 0.29) is 48.4 Å². The van der Waals surface area contributed by atoms with E-state index in [1.807, 2.05) is 6.07 Å². The number of pyridine rings is 1. The van der Waals surface area contributed by atoms with E-state index in [1.165, 1.54) is 49.6 Å². The van der Waals surface area contributed by atoms with Crippen LogP contribution in [0.25, 0.3) is 0 Å². The predicted molar refractivity (Wildman–Crippen MR) is 153 cm³/mol. The molecule has 6 rings (SSSR count). The number of ether oxygens (including phenoxy) is 1. The topological polar surface area (TPSA) is 121 Å². The molecule has 2 aromatic carbocycles. The molecule has 2 aliphatic rings. The lowest BCUT2D eigenvalue weighted by molar-refractivity contribution is -0.248. The minimum atomic E-state index is -5.35. The van der Waals surface area contributed by atoms with Crippen LogP contribution in [0.4, 0.5) is 17.6 Å². The first kappa shape index (κ1) is 31.3. The molecule has 1 aliphatic heterocycles. The lowest BCUT2D eigenvalue weighted by atomic mass is 9.84. The van der Waals surface area contributed by atoms with Crippen molar-refractivity contribution in [3.8, 4) is 6.07 Å². The third-order valence-electron chi connectivity index (χ3n) is 8.28. The molecule has 236 valence electrons. The fraction of sp³-hybridized carbons (Fsp3) is 0.281. The van der Waals surface area contributed by atoms with E-state index in [1.54, 1.807) is 0 Å². The molecule has 9 nitrogen and oxygen atoms in total. The van der Waals surface area contributed by atoms with Crippen LogP contribution in [0, 0.1) is 17.1 Å². The molecule has 0 spiro atoms. The average molecular weight is 654 g/mol. The number of aryl methyl sites for hydroxylation is 1. The Morgan fingerprint density at radius 2 is 1.87 bits per heavy atom. The Bertz CT molecular complexity index is 1890. The number of halogens is 5. The van der Waals surface area contributed by atoms with Crippen LogP contribution in [0.2, 0.25) is 5.02 Å². The van der Waals surface area contributed by atoms with Gasteiger partial charge < -0.3 is 9.84 Å². The second-order valence-electron chi connectivity index (χ2n) is 11.2. The maximum absolute atomic E-state index is 16.7. The number of fused-ring (bicyclic) bond motifs is 1. The zero-order valence-electron chi connectivity index (χ0n) is 24.1. The van der Waals surface area contributed by atoms with E-state index in [9.17, 15) is 33.1 Å². The highest BCUT2D eigenvalue weighted by Gasteiger charge is 2.60. The number of ketones is 1. The van der Waals surface area contributed by atoms with E-state index < -0.39 is 57.6 Å². The van der Waals surface area contributed by atoms with Crippen molar-refractivity contribution in [2.24, 2.45) is 7.05 Å². The zero-order valence-corrected chi connectivity index (χ0v) is 24.8. The Kier molecular flexibility index (Phi) is 7.71. The minimum absolute atomic E-state index is 0.0314. The van der Waals surface area contributed by atoms with E-state index in [0.29, 0.717) is 11.1 Å². The summed E-state index contributed by atoms with van der Waals surface area (Å²) in [7, 11) is 1.35. The SMILES string of the molecule is Cn1cc(C(O)(c2cc(F)c3c(c2)C(=O)N(Cc2ccc(C#N)cn2)[C@@]3(O[C@H]2CCC(=O)C2)c2ccc(Cl)cc2)C(F)(F)F)cn1. The lowest BCUT2D eigenvalue weighted by Crippen LogP contribution is -2.48. The van der Waals surface area contributed by atoms with Crippen LogP contribution in [0.5, 0.6) is 0 Å². The summed E-state index contributed by atoms with van der Waals surface area (Å²) in [6, 6.07) is 12.2. The lowest BCUT2D eigenvalue weighted by Gasteiger charge is -2.41. The molecular formula is C32H24ClF4N5O4. The monoisotopic (exact) mass is 653 g/mol. The Morgan fingerprint density at radius 3 is 2.43 bits per heavy atom. The fourth-order valence-corrected chi connectivity index (χ4v) is 6.20. The van der Waals surface area contributed by atoms with E-state index in [4.69, 9.17) is 16.3 Å². The van der Waals surface area contributed by atoms with Gasteiger partial charge in [0.05, 0.1) is 41.2 Å². The number of nitriles is 1. The molecular weight excluding hydrogens is 630 g/mol. The Morgan fingerprint density at radius 1 is 1.13 bits per heavy atom. The van der Waals surface area contributed by atoms with Gasteiger partial charge in [-0.25, -0.2) is 4.39 Å². The molecule has 1 N–H and O–H groups in total. The van der Waals surface area contributed by atoms with Crippen LogP contribution in [0.1, 0.15) is 63.1 Å². The molecule has 14 heteroatoms. The van der Waals surface area contributed by atoms with Crippen molar-refractivity contribution in [1.29, 1.82) is 5.26 Å². The van der Waals surface area contributed by atoms with Gasteiger partial charge in [-0.3, -0.25) is 24.2 Å². The number of aliphatic hydroxyl groups is 1. The van der Waals surface area contributed by atoms with Gasteiger partial charge in [0.15, 0.2) is 0 Å². The van der Waals surface area contributed by atoms with E-state index in [2.05, 4.69) is 10.1 Å². The standard InChI is InChI=1S/C32H24ClF4N5O4/c1-41-16-21(15-40-41)30(45,32(35,36)37)20-10-26-28(27(34)11-20)31(19-3-5-22(33)6-4-19,46-25-9-8-24(43)12-25)42(29(26)44)17-23-7-2-18(13-38)14-39-23/h2-7,10-11,14-16,25,45H,8-9,12,17H2,1H3/t25-,30?,31+/m0/s1. The molecule has 1 saturated carbocycles. The first-order chi connectivity index (χ1) is 21.8. The highest BCUT2D eigenvalue weighted by atomic mass is 35.5. The van der Waals surface area contributed by atoms with Crippen molar-refractivity contribution in [3.63, 3.8) is 0 Å². The van der Waals surface area contributed by atoms with E-state index >= 15 is 4.39 Å². The van der Waals surface area contributed by atoms with Crippen LogP contribution in [0.3, 0.4) is 0 Å². The molecule has 0 saturated heterocycles. The van der Waals surface area contributed by atoms with Gasteiger partial charge in [-0.05, 0) is 42.8 Å². The second kappa shape index (κ2) is 11.3. The number of carbonyl (C=O) groups is 2. The highest BCUT2D eigenvalue weighted by Crippen LogP contribution is 2.52. The van der Waals surface area contributed by atoms with Gasteiger partial charge in [0.25, 0.3) is 5.91 Å². The van der Waals surface area contributed by atoms with Gasteiger partial charge in [0, 0.05) is 54.0 Å². The number of carbonyl (C=O) groups excluding carboxylic acids is 2. The number of aromatic nitrogens is 3. The van der Waals surface area contributed by atoms with Crippen molar-refractivity contribution in [2.75, 3.05) is 0 Å². The summed E-state index contributed by atoms with van der Waals surface area (Å²) in [6.45, 7) is -0.330. The first-order valence-electron chi connectivity index (χ1n) is 14.0. The average Bonchev–Trinajstić information content (AvgIpc) is 3.70. The molecule has 3 heterocycles. The highest BCUT2D eigenvalue weighted by molar-refractivity contribution is 6.30. The summed E-state index contributed by atoms with van der Waals surface area (Å²) in [6.07, 6.45) is -2.68. The van der Waals surface area contributed by atoms with Crippen LogP contribution >= 0.6 is 11.6 Å². The minimum Gasteiger partial charge on any atom is -0.372 e. The number of nitrogens with zero attached hydrogens (tertiary/aromatic N) is 5. The summed E-state index contributed by atoms with van der Waals surface area (Å²) in [5.74, 6) is -2.29. The molecule has 1 fully saturated rings. The van der Waals surface area contributed by atoms with Crippen molar-refractivity contribution in [1.82, 2.24) is 19.7 Å². The molecule has 3 atom stereocenters. The zero-order chi connectivity index (χ0) is 33.0. The van der Waals surface area contributed by atoms with Gasteiger partial charge in [-0.1, -0.05) is 23.7 Å². The smallest absolute Gasteiger partial charge is 0.372 e. The normalized spacial score (nSPS) is 20.9. The summed E-state index contributed by atoms with van der Waals surface area (Å²) >= 11 is 6.16. The third kappa shape index (κ3) is 5.02. The molecule has 46 heavy (non-hydrogen) atoms. The van der Waals surface area contributed by atoms with Crippen molar-refractivity contribution in [3.05, 3.63) is 117 Å². The maximum Gasteiger partial charge on any atom is 0.425 e. The van der Waals surface area contributed by atoms with Gasteiger partial charge in [-0.2, -0.15) is 23.5 Å². The molecule has 1 amide bonds. The number of amides is 1. The number of alkyl halides is 3. The van der Waals surface area contributed by atoms with Crippen LogP contribution in [-0.2, 0) is 34.4 Å². The predicted octanol–water partition coefficient (Wildman–Crippen LogP) is 5.27. The summed E-state index contributed by atoms with van der Waals surface area (Å²) < 4.78 is 68.2. The van der Waals surface area contributed by atoms with Gasteiger partial charge in [0.2, 0.25) is 11.3 Å². The Hall–Kier alpha value is -4.64. The summed E-state index contributed by atoms with van der Waals surface area (Å²) in [5.41, 5.74) is -7.64. The van der Waals surface area contributed by atoms with Crippen molar-refractivity contribution in [2.45, 2.75) is 49.4 Å². The number of benzene rings is 2.